The largest absolute Gasteiger partial charge is 0.231 e. The van der Waals surface area contributed by atoms with Crippen LogP contribution in [0.15, 0.2) is 0 Å². The number of nitrogens with one attached hydrogen (secondary N) is 1. The molecule has 0 aromatic heterocycles. The second-order valence-electron chi connectivity index (χ2n) is 0.915. The second kappa shape index (κ2) is 15.7. The first kappa shape index (κ1) is 11.8. The van der Waals surface area contributed by atoms with Gasteiger partial charge in [-0.25, -0.2) is 10.2 Å². The van der Waals surface area contributed by atoms with Crippen LogP contribution in [-0.4, -0.2) is 17.6 Å². The first-order valence-corrected chi connectivity index (χ1v) is 5.10. The summed E-state index contributed by atoms with van der Waals surface area (Å²) in [6.45, 7) is 4.35. The highest BCUT2D eigenvalue weighted by atomic mass is 33.1. The van der Waals surface area contributed by atoms with Crippen molar-refractivity contribution in [3.05, 3.63) is 0 Å². The van der Waals surface area contributed by atoms with Gasteiger partial charge in [0.15, 0.2) is 0 Å². The Labute approximate surface area is 63.7 Å². The molecular formula is C5H11NOS2. The predicted molar refractivity (Wildman–Crippen MR) is 44.7 cm³/mol. The third-order valence-electron chi connectivity index (χ3n) is 0.319. The van der Waals surface area contributed by atoms with E-state index >= 15 is 0 Å². The van der Waals surface area contributed by atoms with Gasteiger partial charge in [0.2, 0.25) is 6.08 Å². The number of rotatable bonds is 3. The van der Waals surface area contributed by atoms with Gasteiger partial charge in [-0.05, 0) is 0 Å². The fourth-order valence-electron chi connectivity index (χ4n) is 0.167. The molecule has 2 nitrogen and oxygen atoms in total. The fraction of sp³-hybridized carbons (Fsp3) is 0.800. The zero-order valence-electron chi connectivity index (χ0n) is 5.64. The van der Waals surface area contributed by atoms with Crippen LogP contribution >= 0.6 is 21.6 Å². The van der Waals surface area contributed by atoms with E-state index in [0.29, 0.717) is 0 Å². The first-order chi connectivity index (χ1) is 4.33. The third-order valence-corrected chi connectivity index (χ3v) is 2.87. The summed E-state index contributed by atoms with van der Waals surface area (Å²) in [5.74, 6) is 2.47. The first-order valence-electron chi connectivity index (χ1n) is 2.61. The topological polar surface area (TPSA) is 40.9 Å². The maximum Gasteiger partial charge on any atom is 0.231 e. The van der Waals surface area contributed by atoms with E-state index in [1.54, 1.807) is 0 Å². The summed E-state index contributed by atoms with van der Waals surface area (Å²) in [6, 6.07) is 0. The SMILES string of the molecule is CCSSCC.N=C=O. The highest BCUT2D eigenvalue weighted by Gasteiger charge is 1.75. The smallest absolute Gasteiger partial charge is 0.222 e. The zero-order valence-corrected chi connectivity index (χ0v) is 7.27. The molecule has 4 heteroatoms. The highest BCUT2D eigenvalue weighted by molar-refractivity contribution is 8.76. The maximum absolute atomic E-state index is 8.35. The Bertz CT molecular complexity index is 67.4. The van der Waals surface area contributed by atoms with E-state index in [2.05, 4.69) is 13.8 Å². The molecule has 0 aliphatic rings. The lowest BCUT2D eigenvalue weighted by Gasteiger charge is -1.86. The molecule has 0 unspecified atom stereocenters. The normalized spacial score (nSPS) is 6.89. The van der Waals surface area contributed by atoms with E-state index in [1.165, 1.54) is 11.5 Å². The minimum atomic E-state index is 0.750. The van der Waals surface area contributed by atoms with E-state index in [0.717, 1.165) is 6.08 Å². The highest BCUT2D eigenvalue weighted by Crippen LogP contribution is 2.18. The van der Waals surface area contributed by atoms with E-state index < -0.39 is 0 Å². The van der Waals surface area contributed by atoms with Crippen molar-refractivity contribution in [3.63, 3.8) is 0 Å². The molecular weight excluding hydrogens is 154 g/mol. The zero-order chi connectivity index (χ0) is 7.54. The molecule has 9 heavy (non-hydrogen) atoms. The van der Waals surface area contributed by atoms with E-state index in [4.69, 9.17) is 10.2 Å². The van der Waals surface area contributed by atoms with Crippen molar-refractivity contribution < 1.29 is 4.79 Å². The molecule has 1 N–H and O–H groups in total. The lowest BCUT2D eigenvalue weighted by Crippen LogP contribution is -1.59. The predicted octanol–water partition coefficient (Wildman–Crippen LogP) is 2.31. The molecule has 0 spiro atoms. The number of hydrogen-bond acceptors (Lipinski definition) is 4. The molecule has 0 aliphatic carbocycles. The van der Waals surface area contributed by atoms with Crippen LogP contribution in [-0.2, 0) is 4.79 Å². The Hall–Kier alpha value is 0.0800. The Morgan fingerprint density at radius 3 is 1.67 bits per heavy atom. The van der Waals surface area contributed by atoms with Gasteiger partial charge in [0.05, 0.1) is 0 Å². The van der Waals surface area contributed by atoms with E-state index in [-0.39, 0.29) is 0 Å². The summed E-state index contributed by atoms with van der Waals surface area (Å²) in [6.07, 6.45) is 0.750. The van der Waals surface area contributed by atoms with Gasteiger partial charge < -0.3 is 0 Å². The Morgan fingerprint density at radius 1 is 1.33 bits per heavy atom. The van der Waals surface area contributed by atoms with Crippen LogP contribution in [0.2, 0.25) is 0 Å². The minimum absolute atomic E-state index is 0.750. The fourth-order valence-corrected chi connectivity index (χ4v) is 1.50. The van der Waals surface area contributed by atoms with Crippen LogP contribution in [0.1, 0.15) is 13.8 Å². The van der Waals surface area contributed by atoms with Gasteiger partial charge in [0.25, 0.3) is 0 Å². The molecule has 0 saturated carbocycles. The van der Waals surface area contributed by atoms with Gasteiger partial charge in [-0.3, -0.25) is 0 Å². The lowest BCUT2D eigenvalue weighted by atomic mass is 11.0. The average Bonchev–Trinajstić information content (AvgIpc) is 1.86. The van der Waals surface area contributed by atoms with Crippen molar-refractivity contribution in [1.82, 2.24) is 0 Å². The van der Waals surface area contributed by atoms with Crippen LogP contribution in [0.3, 0.4) is 0 Å². The van der Waals surface area contributed by atoms with Gasteiger partial charge in [0, 0.05) is 11.5 Å². The molecule has 0 bridgehead atoms. The van der Waals surface area contributed by atoms with Crippen LogP contribution in [0, 0.1) is 5.41 Å². The molecule has 0 aliphatic heterocycles. The van der Waals surface area contributed by atoms with Crippen molar-refractivity contribution >= 4 is 27.7 Å². The van der Waals surface area contributed by atoms with Gasteiger partial charge in [-0.2, -0.15) is 0 Å². The van der Waals surface area contributed by atoms with Crippen LogP contribution < -0.4 is 0 Å². The number of carbonyl (C=O) groups excluding carboxylic acids is 1. The molecule has 0 aromatic rings. The van der Waals surface area contributed by atoms with E-state index in [9.17, 15) is 0 Å². The number of isocyanates is 1. The van der Waals surface area contributed by atoms with Crippen LogP contribution in [0.4, 0.5) is 0 Å². The third kappa shape index (κ3) is 31.5. The molecule has 0 atom stereocenters. The summed E-state index contributed by atoms with van der Waals surface area (Å²) < 4.78 is 0. The Morgan fingerprint density at radius 2 is 1.56 bits per heavy atom. The molecule has 0 saturated heterocycles. The minimum Gasteiger partial charge on any atom is -0.222 e. The Kier molecular flexibility index (Phi) is 20.6. The van der Waals surface area contributed by atoms with Crippen molar-refractivity contribution in [3.8, 4) is 0 Å². The summed E-state index contributed by atoms with van der Waals surface area (Å²) >= 11 is 0. The van der Waals surface area contributed by atoms with Gasteiger partial charge in [0.1, 0.15) is 0 Å². The summed E-state index contributed by atoms with van der Waals surface area (Å²) in [5, 5.41) is 5.40. The van der Waals surface area contributed by atoms with Gasteiger partial charge >= 0.3 is 0 Å². The number of hydrogen-bond donors (Lipinski definition) is 1. The van der Waals surface area contributed by atoms with Crippen molar-refractivity contribution in [2.75, 3.05) is 11.5 Å². The Balaban J connectivity index is 0. The second-order valence-corrected chi connectivity index (χ2v) is 3.96. The molecule has 0 aromatic carbocycles. The maximum atomic E-state index is 8.35. The van der Waals surface area contributed by atoms with Crippen molar-refractivity contribution in [2.24, 2.45) is 0 Å². The van der Waals surface area contributed by atoms with Gasteiger partial charge in [-0.1, -0.05) is 35.4 Å². The quantitative estimate of drug-likeness (QED) is 0.302. The molecule has 0 heterocycles. The van der Waals surface area contributed by atoms with Gasteiger partial charge in [-0.15, -0.1) is 0 Å². The van der Waals surface area contributed by atoms with E-state index in [1.807, 2.05) is 21.6 Å². The van der Waals surface area contributed by atoms with Crippen molar-refractivity contribution in [1.29, 1.82) is 5.41 Å². The molecule has 0 rings (SSSR count). The molecule has 0 amide bonds. The standard InChI is InChI=1S/C4H10S2.CHNO/c1-3-5-6-4-2;2-1-3/h3-4H2,1-2H3;2H. The van der Waals surface area contributed by atoms with Crippen molar-refractivity contribution in [2.45, 2.75) is 13.8 Å². The monoisotopic (exact) mass is 165 g/mol. The molecule has 0 fully saturated rings. The summed E-state index contributed by atoms with van der Waals surface area (Å²) in [7, 11) is 3.85. The summed E-state index contributed by atoms with van der Waals surface area (Å²) in [5.41, 5.74) is 0. The summed E-state index contributed by atoms with van der Waals surface area (Å²) in [4.78, 5) is 8.35. The molecule has 0 radical (unpaired) electrons. The molecule has 54 valence electrons. The lowest BCUT2D eigenvalue weighted by molar-refractivity contribution is 0.563. The van der Waals surface area contributed by atoms with Crippen LogP contribution in [0.5, 0.6) is 0 Å². The average molecular weight is 165 g/mol. The van der Waals surface area contributed by atoms with Crippen LogP contribution in [0.25, 0.3) is 0 Å².